The van der Waals surface area contributed by atoms with Crippen LogP contribution in [0.2, 0.25) is 0 Å². The first-order chi connectivity index (χ1) is 13.7. The molecule has 2 fully saturated rings. The summed E-state index contributed by atoms with van der Waals surface area (Å²) in [5.74, 6) is -0.916. The fraction of sp³-hybridized carbons (Fsp3) is 0.500. The lowest BCUT2D eigenvalue weighted by Crippen LogP contribution is -2.51. The zero-order chi connectivity index (χ0) is 20.6. The monoisotopic (exact) mass is 412 g/mol. The molecule has 0 atom stereocenters. The maximum atomic E-state index is 13.8. The standard InChI is InChI=1S/C20H21F5N4/c21-14-2-1-13(16(22)7-14)11-29-5-3-19(4-6-29)9-15(10-19)28-18-8-17(20(23,24)25)26-12-27-18/h1-2,7-8,12,15H,3-6,9-11H2,(H,26,27,28). The number of hydrogen-bond donors (Lipinski definition) is 1. The molecule has 156 valence electrons. The molecular weight excluding hydrogens is 391 g/mol. The number of rotatable bonds is 4. The highest BCUT2D eigenvalue weighted by Gasteiger charge is 2.46. The quantitative estimate of drug-likeness (QED) is 0.744. The molecule has 1 saturated heterocycles. The number of hydrogen-bond acceptors (Lipinski definition) is 4. The van der Waals surface area contributed by atoms with Crippen molar-refractivity contribution in [3.63, 3.8) is 0 Å². The van der Waals surface area contributed by atoms with Crippen LogP contribution in [0.15, 0.2) is 30.6 Å². The Morgan fingerprint density at radius 3 is 2.45 bits per heavy atom. The van der Waals surface area contributed by atoms with Gasteiger partial charge in [-0.25, -0.2) is 18.7 Å². The van der Waals surface area contributed by atoms with Gasteiger partial charge in [0.1, 0.15) is 29.5 Å². The Morgan fingerprint density at radius 1 is 1.07 bits per heavy atom. The average molecular weight is 412 g/mol. The van der Waals surface area contributed by atoms with Crippen LogP contribution in [0.5, 0.6) is 0 Å². The molecule has 29 heavy (non-hydrogen) atoms. The summed E-state index contributed by atoms with van der Waals surface area (Å²) in [6, 6.07) is 4.68. The highest BCUT2D eigenvalue weighted by molar-refractivity contribution is 5.38. The van der Waals surface area contributed by atoms with Gasteiger partial charge in [0.15, 0.2) is 0 Å². The third kappa shape index (κ3) is 4.49. The highest BCUT2D eigenvalue weighted by Crippen LogP contribution is 2.50. The molecule has 9 heteroatoms. The van der Waals surface area contributed by atoms with Gasteiger partial charge >= 0.3 is 6.18 Å². The van der Waals surface area contributed by atoms with Gasteiger partial charge in [0.25, 0.3) is 0 Å². The van der Waals surface area contributed by atoms with E-state index < -0.39 is 23.5 Å². The van der Waals surface area contributed by atoms with Crippen molar-refractivity contribution in [1.29, 1.82) is 0 Å². The third-order valence-electron chi connectivity index (χ3n) is 5.99. The van der Waals surface area contributed by atoms with Crippen LogP contribution < -0.4 is 5.32 Å². The SMILES string of the molecule is Fc1ccc(CN2CCC3(CC2)CC(Nc2cc(C(F)(F)F)ncn2)C3)c(F)c1. The van der Waals surface area contributed by atoms with Gasteiger partial charge in [-0.3, -0.25) is 4.90 Å². The van der Waals surface area contributed by atoms with Crippen LogP contribution in [0.3, 0.4) is 0 Å². The second kappa shape index (κ2) is 7.51. The molecule has 1 aromatic carbocycles. The van der Waals surface area contributed by atoms with Crippen molar-refractivity contribution >= 4 is 5.82 Å². The number of piperidine rings is 1. The predicted molar refractivity (Wildman–Crippen MR) is 97.0 cm³/mol. The molecular formula is C20H21F5N4. The normalized spacial score (nSPS) is 19.9. The lowest BCUT2D eigenvalue weighted by Gasteiger charge is -2.52. The maximum absolute atomic E-state index is 13.8. The molecule has 1 saturated carbocycles. The fourth-order valence-electron chi connectivity index (χ4n) is 4.37. The van der Waals surface area contributed by atoms with Gasteiger partial charge in [0.2, 0.25) is 0 Å². The zero-order valence-corrected chi connectivity index (χ0v) is 15.6. The molecule has 4 rings (SSSR count). The van der Waals surface area contributed by atoms with E-state index in [0.29, 0.717) is 12.1 Å². The first kappa shape index (κ1) is 20.0. The summed E-state index contributed by atoms with van der Waals surface area (Å²) in [6.45, 7) is 2.08. The number of nitrogens with one attached hydrogen (secondary N) is 1. The number of benzene rings is 1. The van der Waals surface area contributed by atoms with Crippen LogP contribution in [0.4, 0.5) is 27.8 Å². The van der Waals surface area contributed by atoms with E-state index in [9.17, 15) is 22.0 Å². The van der Waals surface area contributed by atoms with Crippen molar-refractivity contribution in [3.05, 3.63) is 53.5 Å². The van der Waals surface area contributed by atoms with Gasteiger partial charge in [0, 0.05) is 30.3 Å². The number of nitrogens with zero attached hydrogens (tertiary/aromatic N) is 3. The molecule has 0 unspecified atom stereocenters. The molecule has 2 aromatic rings. The Kier molecular flexibility index (Phi) is 5.18. The van der Waals surface area contributed by atoms with Crippen LogP contribution in [0.25, 0.3) is 0 Å². The molecule has 0 bridgehead atoms. The Labute approximate surface area is 165 Å². The molecule has 1 aromatic heterocycles. The molecule has 1 N–H and O–H groups in total. The first-order valence-corrected chi connectivity index (χ1v) is 9.55. The van der Waals surface area contributed by atoms with Crippen molar-refractivity contribution in [3.8, 4) is 0 Å². The summed E-state index contributed by atoms with van der Waals surface area (Å²) < 4.78 is 65.1. The topological polar surface area (TPSA) is 41.0 Å². The largest absolute Gasteiger partial charge is 0.433 e. The smallest absolute Gasteiger partial charge is 0.367 e. The highest BCUT2D eigenvalue weighted by atomic mass is 19.4. The van der Waals surface area contributed by atoms with Crippen LogP contribution in [0, 0.1) is 17.0 Å². The van der Waals surface area contributed by atoms with Gasteiger partial charge < -0.3 is 5.32 Å². The molecule has 0 amide bonds. The fourth-order valence-corrected chi connectivity index (χ4v) is 4.37. The van der Waals surface area contributed by atoms with E-state index in [2.05, 4.69) is 20.2 Å². The molecule has 1 aliphatic heterocycles. The Hall–Kier alpha value is -2.29. The van der Waals surface area contributed by atoms with Crippen molar-refractivity contribution in [2.24, 2.45) is 5.41 Å². The van der Waals surface area contributed by atoms with Gasteiger partial charge in [-0.1, -0.05) is 6.07 Å². The summed E-state index contributed by atoms with van der Waals surface area (Å²) in [6.07, 6.45) is 0.0784. The van der Waals surface area contributed by atoms with E-state index in [1.54, 1.807) is 0 Å². The van der Waals surface area contributed by atoms with Gasteiger partial charge in [-0.05, 0) is 50.3 Å². The molecule has 4 nitrogen and oxygen atoms in total. The third-order valence-corrected chi connectivity index (χ3v) is 5.99. The Morgan fingerprint density at radius 2 is 1.79 bits per heavy atom. The van der Waals surface area contributed by atoms with E-state index in [1.165, 1.54) is 12.1 Å². The van der Waals surface area contributed by atoms with E-state index in [0.717, 1.165) is 57.2 Å². The van der Waals surface area contributed by atoms with Gasteiger partial charge in [0.05, 0.1) is 0 Å². The summed E-state index contributed by atoms with van der Waals surface area (Å²) in [7, 11) is 0. The first-order valence-electron chi connectivity index (χ1n) is 9.55. The number of alkyl halides is 3. The number of anilines is 1. The van der Waals surface area contributed by atoms with E-state index in [-0.39, 0.29) is 17.3 Å². The van der Waals surface area contributed by atoms with Crippen LogP contribution in [-0.2, 0) is 12.7 Å². The van der Waals surface area contributed by atoms with Crippen LogP contribution in [0.1, 0.15) is 36.9 Å². The van der Waals surface area contributed by atoms with Crippen molar-refractivity contribution in [2.75, 3.05) is 18.4 Å². The molecule has 0 radical (unpaired) electrons. The second-order valence-electron chi connectivity index (χ2n) is 8.05. The van der Waals surface area contributed by atoms with E-state index in [4.69, 9.17) is 0 Å². The Bertz CT molecular complexity index is 869. The predicted octanol–water partition coefficient (Wildman–Crippen LogP) is 4.63. The van der Waals surface area contributed by atoms with Gasteiger partial charge in [-0.15, -0.1) is 0 Å². The van der Waals surface area contributed by atoms with Crippen molar-refractivity contribution < 1.29 is 22.0 Å². The van der Waals surface area contributed by atoms with Crippen molar-refractivity contribution in [1.82, 2.24) is 14.9 Å². The summed E-state index contributed by atoms with van der Waals surface area (Å²) in [4.78, 5) is 9.31. The minimum atomic E-state index is -4.49. The van der Waals surface area contributed by atoms with Gasteiger partial charge in [-0.2, -0.15) is 13.2 Å². The zero-order valence-electron chi connectivity index (χ0n) is 15.6. The minimum Gasteiger partial charge on any atom is -0.367 e. The average Bonchev–Trinajstić information content (AvgIpc) is 2.64. The Balaban J connectivity index is 1.27. The summed E-state index contributed by atoms with van der Waals surface area (Å²) in [5.41, 5.74) is -0.292. The molecule has 1 spiro atoms. The maximum Gasteiger partial charge on any atom is 0.433 e. The van der Waals surface area contributed by atoms with Crippen LogP contribution >= 0.6 is 0 Å². The molecule has 1 aliphatic carbocycles. The lowest BCUT2D eigenvalue weighted by molar-refractivity contribution is -0.141. The summed E-state index contributed by atoms with van der Waals surface area (Å²) >= 11 is 0. The molecule has 2 heterocycles. The number of aromatic nitrogens is 2. The number of likely N-dealkylation sites (tertiary alicyclic amines) is 1. The van der Waals surface area contributed by atoms with E-state index >= 15 is 0 Å². The summed E-state index contributed by atoms with van der Waals surface area (Å²) in [5, 5.41) is 3.08. The van der Waals surface area contributed by atoms with Crippen LogP contribution in [-0.4, -0.2) is 34.0 Å². The van der Waals surface area contributed by atoms with Crippen molar-refractivity contribution in [2.45, 2.75) is 44.4 Å². The number of halogens is 5. The second-order valence-corrected chi connectivity index (χ2v) is 8.05. The minimum absolute atomic E-state index is 0.0899. The molecule has 2 aliphatic rings. The van der Waals surface area contributed by atoms with E-state index in [1.807, 2.05) is 0 Å². The lowest BCUT2D eigenvalue weighted by atomic mass is 9.60.